The van der Waals surface area contributed by atoms with Crippen molar-refractivity contribution in [2.75, 3.05) is 13.1 Å². The molecule has 1 rings (SSSR count). The van der Waals surface area contributed by atoms with Crippen LogP contribution in [0.25, 0.3) is 0 Å². The van der Waals surface area contributed by atoms with Crippen LogP contribution in [-0.4, -0.2) is 31.5 Å². The van der Waals surface area contributed by atoms with E-state index >= 15 is 0 Å². The second-order valence-electron chi connectivity index (χ2n) is 5.31. The van der Waals surface area contributed by atoms with Crippen LogP contribution >= 0.6 is 0 Å². The average Bonchev–Trinajstić information content (AvgIpc) is 2.59. The molecule has 1 aliphatic rings. The van der Waals surface area contributed by atoms with Crippen LogP contribution < -0.4 is 4.72 Å². The van der Waals surface area contributed by atoms with Gasteiger partial charge in [-0.05, 0) is 23.6 Å². The number of hydrogen-bond acceptors (Lipinski definition) is 4. The quantitative estimate of drug-likeness (QED) is 0.561. The summed E-state index contributed by atoms with van der Waals surface area (Å²) in [4.78, 5) is 3.91. The maximum atomic E-state index is 12.3. The van der Waals surface area contributed by atoms with Crippen molar-refractivity contribution in [2.45, 2.75) is 6.92 Å². The van der Waals surface area contributed by atoms with Gasteiger partial charge in [-0.25, -0.2) is 4.99 Å². The van der Waals surface area contributed by atoms with Gasteiger partial charge in [-0.3, -0.25) is 4.31 Å². The molecule has 0 aromatic rings. The van der Waals surface area contributed by atoms with Crippen molar-refractivity contribution in [1.82, 2.24) is 9.03 Å². The number of nitriles is 1. The molecule has 6 nitrogen and oxygen atoms in total. The zero-order chi connectivity index (χ0) is 19.0. The van der Waals surface area contributed by atoms with E-state index in [2.05, 4.69) is 36.0 Å². The lowest BCUT2D eigenvalue weighted by atomic mass is 10.0. The second-order valence-corrected chi connectivity index (χ2v) is 6.99. The van der Waals surface area contributed by atoms with Crippen LogP contribution in [-0.2, 0) is 10.2 Å². The fourth-order valence-corrected chi connectivity index (χ4v) is 3.76. The van der Waals surface area contributed by atoms with E-state index in [1.54, 1.807) is 6.08 Å². The summed E-state index contributed by atoms with van der Waals surface area (Å²) in [7, 11) is -3.64. The van der Waals surface area contributed by atoms with Crippen molar-refractivity contribution < 1.29 is 8.42 Å². The molecule has 0 aliphatic carbocycles. The molecule has 0 bridgehead atoms. The molecule has 1 unspecified atom stereocenters. The minimum absolute atomic E-state index is 0.104. The summed E-state index contributed by atoms with van der Waals surface area (Å²) in [6.07, 6.45) is 7.25. The Morgan fingerprint density at radius 3 is 2.44 bits per heavy atom. The molecular weight excluding hydrogens is 336 g/mol. The summed E-state index contributed by atoms with van der Waals surface area (Å²) in [5.74, 6) is 0.138. The molecule has 0 amide bonds. The van der Waals surface area contributed by atoms with Crippen molar-refractivity contribution >= 4 is 15.9 Å². The molecule has 1 fully saturated rings. The molecule has 0 radical (unpaired) electrons. The van der Waals surface area contributed by atoms with Gasteiger partial charge < -0.3 is 0 Å². The molecule has 0 aromatic heterocycles. The van der Waals surface area contributed by atoms with Crippen molar-refractivity contribution in [3.05, 3.63) is 73.7 Å². The molecular formula is C18H22N4O2S. The molecule has 0 spiro atoms. The van der Waals surface area contributed by atoms with Crippen LogP contribution in [0.2, 0.25) is 0 Å². The highest BCUT2D eigenvalue weighted by molar-refractivity contribution is 7.87. The van der Waals surface area contributed by atoms with E-state index in [0.29, 0.717) is 29.9 Å². The molecule has 0 saturated carbocycles. The number of hydrogen-bond donors (Lipinski definition) is 1. The second kappa shape index (κ2) is 8.97. The van der Waals surface area contributed by atoms with Crippen molar-refractivity contribution in [3.8, 4) is 6.07 Å². The first-order valence-corrected chi connectivity index (χ1v) is 8.98. The Morgan fingerprint density at radius 2 is 1.96 bits per heavy atom. The summed E-state index contributed by atoms with van der Waals surface area (Å²) in [6, 6.07) is 1.97. The van der Waals surface area contributed by atoms with Crippen molar-refractivity contribution in [3.63, 3.8) is 0 Å². The first-order chi connectivity index (χ1) is 11.8. The first-order valence-electron chi connectivity index (χ1n) is 7.54. The van der Waals surface area contributed by atoms with Gasteiger partial charge in [0.25, 0.3) is 0 Å². The average molecular weight is 358 g/mol. The van der Waals surface area contributed by atoms with Crippen LogP contribution in [0.1, 0.15) is 6.92 Å². The SMILES string of the molecule is C=CN=C(C#N)/C(C=C)=C(C=C)/C=C(\C=C)N1CC(C)CNS1(=O)=O. The highest BCUT2D eigenvalue weighted by atomic mass is 32.2. The monoisotopic (exact) mass is 358 g/mol. The Hall–Kier alpha value is -2.69. The fraction of sp³-hybridized carbons (Fsp3) is 0.222. The molecule has 132 valence electrons. The van der Waals surface area contributed by atoms with E-state index in [9.17, 15) is 13.7 Å². The van der Waals surface area contributed by atoms with Crippen LogP contribution in [0.4, 0.5) is 0 Å². The Bertz CT molecular complexity index is 811. The lowest BCUT2D eigenvalue weighted by Gasteiger charge is -2.33. The van der Waals surface area contributed by atoms with Crippen LogP contribution in [0.3, 0.4) is 0 Å². The van der Waals surface area contributed by atoms with E-state index in [4.69, 9.17) is 0 Å². The molecule has 1 saturated heterocycles. The Morgan fingerprint density at radius 1 is 1.28 bits per heavy atom. The molecule has 1 atom stereocenters. The van der Waals surface area contributed by atoms with Crippen molar-refractivity contribution in [1.29, 1.82) is 5.26 Å². The van der Waals surface area contributed by atoms with E-state index in [1.165, 1.54) is 28.7 Å². The van der Waals surface area contributed by atoms with E-state index in [-0.39, 0.29) is 11.6 Å². The fourth-order valence-electron chi connectivity index (χ4n) is 2.26. The summed E-state index contributed by atoms with van der Waals surface area (Å²) >= 11 is 0. The number of aliphatic imine (C=N–C) groups is 1. The standard InChI is InChI=1S/C18H22N4O2S/c1-6-15(17(8-3)18(11-19)20-9-4)10-16(7-2)22-13-14(5)12-21-25(22,23)24/h6-10,14,21H,1-4,12-13H2,5H3/b16-10+,17-15+,20-18?. The highest BCUT2D eigenvalue weighted by Gasteiger charge is 2.29. The third-order valence-electron chi connectivity index (χ3n) is 3.50. The van der Waals surface area contributed by atoms with Crippen molar-refractivity contribution in [2.24, 2.45) is 10.9 Å². The minimum atomic E-state index is -3.64. The molecule has 1 N–H and O–H groups in total. The maximum absolute atomic E-state index is 12.3. The third kappa shape index (κ3) is 4.89. The largest absolute Gasteiger partial charge is 0.301 e. The van der Waals surface area contributed by atoms with Gasteiger partial charge in [0, 0.05) is 24.9 Å². The predicted octanol–water partition coefficient (Wildman–Crippen LogP) is 2.62. The zero-order valence-corrected chi connectivity index (χ0v) is 15.1. The lowest BCUT2D eigenvalue weighted by Crippen LogP contribution is -2.49. The summed E-state index contributed by atoms with van der Waals surface area (Å²) in [6.45, 7) is 17.3. The molecule has 7 heteroatoms. The summed E-state index contributed by atoms with van der Waals surface area (Å²) in [5, 5.41) is 9.26. The topological polar surface area (TPSA) is 85.6 Å². The van der Waals surface area contributed by atoms with Crippen LogP contribution in [0.5, 0.6) is 0 Å². The maximum Gasteiger partial charge on any atom is 0.301 e. The smallest absolute Gasteiger partial charge is 0.258 e. The number of nitrogens with one attached hydrogen (secondary N) is 1. The Kier molecular flexibility index (Phi) is 7.30. The van der Waals surface area contributed by atoms with Gasteiger partial charge in [0.15, 0.2) is 0 Å². The number of allylic oxidation sites excluding steroid dienone is 6. The minimum Gasteiger partial charge on any atom is -0.258 e. The van der Waals surface area contributed by atoms with Gasteiger partial charge in [-0.2, -0.15) is 18.4 Å². The van der Waals surface area contributed by atoms with Gasteiger partial charge >= 0.3 is 10.2 Å². The van der Waals surface area contributed by atoms with Crippen LogP contribution in [0, 0.1) is 17.2 Å². The van der Waals surface area contributed by atoms with Crippen LogP contribution in [0.15, 0.2) is 78.7 Å². The van der Waals surface area contributed by atoms with Gasteiger partial charge in [-0.15, -0.1) is 0 Å². The Balaban J connectivity index is 3.54. The molecule has 0 aromatic carbocycles. The third-order valence-corrected chi connectivity index (χ3v) is 4.97. The first kappa shape index (κ1) is 20.4. The normalized spacial score (nSPS) is 21.6. The van der Waals surface area contributed by atoms with Gasteiger partial charge in [0.2, 0.25) is 0 Å². The molecule has 1 heterocycles. The van der Waals surface area contributed by atoms with Gasteiger partial charge in [0.05, 0.1) is 5.70 Å². The number of nitrogens with zero attached hydrogens (tertiary/aromatic N) is 3. The predicted molar refractivity (Wildman–Crippen MR) is 102 cm³/mol. The van der Waals surface area contributed by atoms with Gasteiger partial charge in [0.1, 0.15) is 11.8 Å². The number of rotatable bonds is 7. The summed E-state index contributed by atoms with van der Waals surface area (Å²) < 4.78 is 28.4. The summed E-state index contributed by atoms with van der Waals surface area (Å²) in [5.41, 5.74) is 1.39. The molecule has 1 aliphatic heterocycles. The zero-order valence-electron chi connectivity index (χ0n) is 14.3. The Labute approximate surface area is 149 Å². The molecule has 25 heavy (non-hydrogen) atoms. The van der Waals surface area contributed by atoms with E-state index < -0.39 is 10.2 Å². The van der Waals surface area contributed by atoms with E-state index in [0.717, 1.165) is 0 Å². The van der Waals surface area contributed by atoms with E-state index in [1.807, 2.05) is 13.0 Å². The lowest BCUT2D eigenvalue weighted by molar-refractivity contribution is 0.370. The highest BCUT2D eigenvalue weighted by Crippen LogP contribution is 2.21. The van der Waals surface area contributed by atoms with Gasteiger partial charge in [-0.1, -0.05) is 45.4 Å².